The highest BCUT2D eigenvalue weighted by Crippen LogP contribution is 2.37. The molecule has 35 heavy (non-hydrogen) atoms. The molecule has 184 valence electrons. The summed E-state index contributed by atoms with van der Waals surface area (Å²) < 4.78 is 13.2. The third-order valence-electron chi connectivity index (χ3n) is 5.83. The molecule has 1 aliphatic rings. The topological polar surface area (TPSA) is 102 Å². The van der Waals surface area contributed by atoms with E-state index in [2.05, 4.69) is 15.2 Å². The first-order valence-corrected chi connectivity index (χ1v) is 11.6. The van der Waals surface area contributed by atoms with Crippen LogP contribution in [0.2, 0.25) is 0 Å². The fraction of sp³-hybridized carbons (Fsp3) is 0.385. The number of nitrogens with zero attached hydrogens (tertiary/aromatic N) is 4. The number of esters is 1. The highest BCUT2D eigenvalue weighted by molar-refractivity contribution is 6.17. The molecule has 1 aliphatic heterocycles. The number of rotatable bonds is 7. The van der Waals surface area contributed by atoms with E-state index in [1.807, 2.05) is 31.5 Å². The Morgan fingerprint density at radius 3 is 2.60 bits per heavy atom. The van der Waals surface area contributed by atoms with Crippen molar-refractivity contribution in [1.29, 1.82) is 0 Å². The second-order valence-electron chi connectivity index (χ2n) is 9.56. The minimum atomic E-state index is -0.509. The van der Waals surface area contributed by atoms with Crippen molar-refractivity contribution in [3.8, 4) is 5.75 Å². The summed E-state index contributed by atoms with van der Waals surface area (Å²) in [5.74, 6) is -0.0556. The Labute approximate surface area is 204 Å². The third-order valence-corrected chi connectivity index (χ3v) is 5.83. The third kappa shape index (κ3) is 5.29. The van der Waals surface area contributed by atoms with Crippen LogP contribution in [0.1, 0.15) is 55.0 Å². The number of carbonyl (C=O) groups excluding carboxylic acids is 2. The van der Waals surface area contributed by atoms with Gasteiger partial charge in [-0.05, 0) is 45.0 Å². The number of benzene rings is 1. The Hall–Kier alpha value is -3.88. The van der Waals surface area contributed by atoms with Gasteiger partial charge in [-0.2, -0.15) is 5.10 Å². The highest BCUT2D eigenvalue weighted by atomic mass is 16.5. The Balaban J connectivity index is 1.56. The largest absolute Gasteiger partial charge is 0.492 e. The molecule has 0 saturated carbocycles. The van der Waals surface area contributed by atoms with Crippen LogP contribution in [0, 0.1) is 6.92 Å². The number of nitrogens with one attached hydrogen (secondary N) is 1. The van der Waals surface area contributed by atoms with Crippen LogP contribution in [0.4, 0.5) is 0 Å². The average Bonchev–Trinajstić information content (AvgIpc) is 3.43. The van der Waals surface area contributed by atoms with E-state index in [1.165, 1.54) is 0 Å². The van der Waals surface area contributed by atoms with Crippen LogP contribution in [-0.2, 0) is 21.5 Å². The zero-order valence-electron chi connectivity index (χ0n) is 20.7. The minimum absolute atomic E-state index is 0.218. The van der Waals surface area contributed by atoms with Crippen LogP contribution in [0.25, 0.3) is 5.57 Å². The molecule has 9 heteroatoms. The van der Waals surface area contributed by atoms with Gasteiger partial charge in [0, 0.05) is 47.4 Å². The van der Waals surface area contributed by atoms with Gasteiger partial charge in [0.25, 0.3) is 5.91 Å². The maximum Gasteiger partial charge on any atom is 0.342 e. The first-order chi connectivity index (χ1) is 16.7. The lowest BCUT2D eigenvalue weighted by Gasteiger charge is -2.29. The number of hydrogen-bond donors (Lipinski definition) is 1. The van der Waals surface area contributed by atoms with E-state index in [0.717, 1.165) is 11.3 Å². The van der Waals surface area contributed by atoms with Crippen LogP contribution in [-0.4, -0.2) is 55.8 Å². The molecule has 0 saturated heterocycles. The SMILES string of the molecule is Cc1[nH]nc2c1C(C)(C)CN(C(=O)c1ccc(OCCn3ccnc3)cc1)C=C2C(=O)OC(C)C. The lowest BCUT2D eigenvalue weighted by Crippen LogP contribution is -2.37. The van der Waals surface area contributed by atoms with Gasteiger partial charge < -0.3 is 18.9 Å². The second-order valence-corrected chi connectivity index (χ2v) is 9.56. The molecule has 0 unspecified atom stereocenters. The van der Waals surface area contributed by atoms with Crippen LogP contribution in [0.3, 0.4) is 0 Å². The summed E-state index contributed by atoms with van der Waals surface area (Å²) in [5.41, 5.74) is 2.59. The lowest BCUT2D eigenvalue weighted by atomic mass is 9.82. The summed E-state index contributed by atoms with van der Waals surface area (Å²) in [5, 5.41) is 7.38. The number of aromatic amines is 1. The number of amides is 1. The predicted molar refractivity (Wildman–Crippen MR) is 131 cm³/mol. The molecule has 0 bridgehead atoms. The molecule has 1 aromatic carbocycles. The Bertz CT molecular complexity index is 1220. The molecule has 0 aliphatic carbocycles. The fourth-order valence-corrected chi connectivity index (χ4v) is 4.32. The molecular formula is C26H31N5O4. The molecule has 0 fully saturated rings. The van der Waals surface area contributed by atoms with Crippen molar-refractivity contribution >= 4 is 17.4 Å². The van der Waals surface area contributed by atoms with Crippen molar-refractivity contribution in [2.45, 2.75) is 52.7 Å². The van der Waals surface area contributed by atoms with E-state index < -0.39 is 11.4 Å². The van der Waals surface area contributed by atoms with E-state index in [-0.39, 0.29) is 17.6 Å². The van der Waals surface area contributed by atoms with Crippen molar-refractivity contribution in [1.82, 2.24) is 24.6 Å². The van der Waals surface area contributed by atoms with Crippen LogP contribution in [0.5, 0.6) is 5.75 Å². The molecule has 0 atom stereocenters. The number of fused-ring (bicyclic) bond motifs is 1. The molecular weight excluding hydrogens is 446 g/mol. The van der Waals surface area contributed by atoms with Gasteiger partial charge in [-0.15, -0.1) is 0 Å². The fourth-order valence-electron chi connectivity index (χ4n) is 4.32. The normalized spacial score (nSPS) is 14.8. The van der Waals surface area contributed by atoms with Gasteiger partial charge in [0.05, 0.1) is 19.0 Å². The number of aryl methyl sites for hydroxylation is 1. The van der Waals surface area contributed by atoms with Gasteiger partial charge in [0.1, 0.15) is 23.6 Å². The van der Waals surface area contributed by atoms with Crippen molar-refractivity contribution in [2.24, 2.45) is 0 Å². The first kappa shape index (κ1) is 24.3. The van der Waals surface area contributed by atoms with Gasteiger partial charge in [-0.1, -0.05) is 13.8 Å². The molecule has 1 amide bonds. The van der Waals surface area contributed by atoms with Gasteiger partial charge in [0.2, 0.25) is 0 Å². The molecule has 3 heterocycles. The van der Waals surface area contributed by atoms with E-state index in [0.29, 0.717) is 36.7 Å². The zero-order chi connectivity index (χ0) is 25.2. The number of H-pyrrole nitrogens is 1. The van der Waals surface area contributed by atoms with Crippen molar-refractivity contribution < 1.29 is 19.1 Å². The zero-order valence-corrected chi connectivity index (χ0v) is 20.7. The molecule has 1 N–H and O–H groups in total. The Morgan fingerprint density at radius 2 is 1.94 bits per heavy atom. The van der Waals surface area contributed by atoms with E-state index in [9.17, 15) is 9.59 Å². The summed E-state index contributed by atoms with van der Waals surface area (Å²) in [6.07, 6.45) is 6.60. The summed E-state index contributed by atoms with van der Waals surface area (Å²) in [6.45, 7) is 11.1. The van der Waals surface area contributed by atoms with Crippen molar-refractivity contribution in [2.75, 3.05) is 13.2 Å². The summed E-state index contributed by atoms with van der Waals surface area (Å²) in [4.78, 5) is 32.1. The first-order valence-electron chi connectivity index (χ1n) is 11.6. The van der Waals surface area contributed by atoms with Gasteiger partial charge >= 0.3 is 5.97 Å². The van der Waals surface area contributed by atoms with Gasteiger partial charge in [-0.3, -0.25) is 9.89 Å². The quantitative estimate of drug-likeness (QED) is 0.521. The second kappa shape index (κ2) is 9.77. The predicted octanol–water partition coefficient (Wildman–Crippen LogP) is 3.72. The number of hydrogen-bond acceptors (Lipinski definition) is 6. The van der Waals surface area contributed by atoms with Crippen molar-refractivity contribution in [3.63, 3.8) is 0 Å². The number of carbonyl (C=O) groups is 2. The summed E-state index contributed by atoms with van der Waals surface area (Å²) in [7, 11) is 0. The molecule has 3 aromatic rings. The highest BCUT2D eigenvalue weighted by Gasteiger charge is 2.38. The Morgan fingerprint density at radius 1 is 1.20 bits per heavy atom. The molecule has 0 spiro atoms. The molecule has 4 rings (SSSR count). The van der Waals surface area contributed by atoms with E-state index in [1.54, 1.807) is 61.7 Å². The lowest BCUT2D eigenvalue weighted by molar-refractivity contribution is -0.140. The van der Waals surface area contributed by atoms with Crippen LogP contribution in [0.15, 0.2) is 49.2 Å². The molecule has 9 nitrogen and oxygen atoms in total. The van der Waals surface area contributed by atoms with Crippen LogP contribution >= 0.6 is 0 Å². The van der Waals surface area contributed by atoms with Gasteiger partial charge in [0.15, 0.2) is 0 Å². The van der Waals surface area contributed by atoms with E-state index >= 15 is 0 Å². The smallest absolute Gasteiger partial charge is 0.342 e. The maximum atomic E-state index is 13.5. The number of aromatic nitrogens is 4. The van der Waals surface area contributed by atoms with Crippen molar-refractivity contribution in [3.05, 3.63) is 71.7 Å². The standard InChI is InChI=1S/C26H31N5O4/c1-17(2)35-25(33)21-14-31(15-26(4,5)22-18(3)28-29-23(21)22)24(32)19-6-8-20(9-7-19)34-13-12-30-11-10-27-16-30/h6-11,14,16-17H,12-13,15H2,1-5H3,(H,28,29). The number of ether oxygens (including phenoxy) is 2. The number of imidazole rings is 1. The van der Waals surface area contributed by atoms with E-state index in [4.69, 9.17) is 9.47 Å². The summed E-state index contributed by atoms with van der Waals surface area (Å²) >= 11 is 0. The summed E-state index contributed by atoms with van der Waals surface area (Å²) in [6, 6.07) is 7.02. The van der Waals surface area contributed by atoms with Crippen LogP contribution < -0.4 is 4.74 Å². The average molecular weight is 478 g/mol. The minimum Gasteiger partial charge on any atom is -0.492 e. The maximum absolute atomic E-state index is 13.5. The Kier molecular flexibility index (Phi) is 6.77. The molecule has 0 radical (unpaired) electrons. The monoisotopic (exact) mass is 477 g/mol. The molecule has 2 aromatic heterocycles. The van der Waals surface area contributed by atoms with Gasteiger partial charge in [-0.25, -0.2) is 9.78 Å².